The lowest BCUT2D eigenvalue weighted by atomic mass is 9.99. The van der Waals surface area contributed by atoms with E-state index in [4.69, 9.17) is 5.26 Å². The van der Waals surface area contributed by atoms with Gasteiger partial charge in [-0.05, 0) is 24.3 Å². The molecule has 0 bridgehead atoms. The van der Waals surface area contributed by atoms with E-state index in [1.165, 1.54) is 24.5 Å². The number of aromatic nitrogens is 1. The molecule has 122 valence electrons. The highest BCUT2D eigenvalue weighted by atomic mass is 32.2. The first-order valence-corrected chi connectivity index (χ1v) is 8.65. The number of ether oxygens (including phenoxy) is 1. The number of benzene rings is 2. The van der Waals surface area contributed by atoms with Crippen molar-refractivity contribution >= 4 is 32.6 Å². The summed E-state index contributed by atoms with van der Waals surface area (Å²) in [7, 11) is -3.81. The molecule has 0 radical (unpaired) electrons. The standard InChI is InChI=1S/C17H9N3O4S/c18-9-24-17(21)11-4-6-14-13(8-11)12-5-3-10-2-1-7-19-15(10)16(12)20-25(14,22)23/h1-8,20H. The first kappa shape index (κ1) is 15.1. The Morgan fingerprint density at radius 2 is 2.00 bits per heavy atom. The molecule has 1 aliphatic heterocycles. The van der Waals surface area contributed by atoms with Crippen LogP contribution in [0.25, 0.3) is 22.0 Å². The first-order valence-electron chi connectivity index (χ1n) is 7.16. The molecule has 1 aliphatic rings. The number of hydrogen-bond donors (Lipinski definition) is 1. The summed E-state index contributed by atoms with van der Waals surface area (Å²) in [4.78, 5) is 16.1. The number of esters is 1. The fourth-order valence-electron chi connectivity index (χ4n) is 2.86. The molecule has 0 spiro atoms. The van der Waals surface area contributed by atoms with Crippen molar-refractivity contribution in [3.05, 3.63) is 54.2 Å². The molecule has 0 aliphatic carbocycles. The SMILES string of the molecule is N#COC(=O)c1ccc2c(c1)-c1ccc3cccnc3c1NS2(=O)=O. The number of pyridine rings is 1. The average Bonchev–Trinajstić information content (AvgIpc) is 2.61. The summed E-state index contributed by atoms with van der Waals surface area (Å²) in [6.45, 7) is 0. The highest BCUT2D eigenvalue weighted by Gasteiger charge is 2.30. The zero-order valence-corrected chi connectivity index (χ0v) is 13.4. The molecule has 2 aromatic carbocycles. The zero-order valence-electron chi connectivity index (χ0n) is 12.6. The number of fused-ring (bicyclic) bond motifs is 5. The number of nitrogens with one attached hydrogen (secondary N) is 1. The van der Waals surface area contributed by atoms with E-state index >= 15 is 0 Å². The first-order chi connectivity index (χ1) is 12.0. The number of hydrogen-bond acceptors (Lipinski definition) is 6. The molecule has 25 heavy (non-hydrogen) atoms. The summed E-state index contributed by atoms with van der Waals surface area (Å²) >= 11 is 0. The number of nitrogens with zero attached hydrogens (tertiary/aromatic N) is 2. The second-order valence-electron chi connectivity index (χ2n) is 5.36. The summed E-state index contributed by atoms with van der Waals surface area (Å²) in [6, 6.07) is 11.2. The van der Waals surface area contributed by atoms with Crippen LogP contribution in [0.5, 0.6) is 0 Å². The van der Waals surface area contributed by atoms with Crippen LogP contribution in [-0.4, -0.2) is 19.4 Å². The summed E-state index contributed by atoms with van der Waals surface area (Å²) in [5.41, 5.74) is 1.91. The molecule has 7 nitrogen and oxygen atoms in total. The topological polar surface area (TPSA) is 109 Å². The molecule has 8 heteroatoms. The second kappa shape index (κ2) is 5.29. The minimum absolute atomic E-state index is 0.0452. The van der Waals surface area contributed by atoms with Gasteiger partial charge in [-0.25, -0.2) is 13.2 Å². The van der Waals surface area contributed by atoms with Crippen LogP contribution in [0.15, 0.2) is 53.6 Å². The van der Waals surface area contributed by atoms with Gasteiger partial charge in [-0.1, -0.05) is 18.2 Å². The molecular formula is C17H9N3O4S. The van der Waals surface area contributed by atoms with E-state index < -0.39 is 16.0 Å². The Labute approximate surface area is 142 Å². The van der Waals surface area contributed by atoms with Gasteiger partial charge in [-0.2, -0.15) is 0 Å². The molecule has 1 aromatic heterocycles. The van der Waals surface area contributed by atoms with Gasteiger partial charge in [0.05, 0.1) is 21.7 Å². The molecular weight excluding hydrogens is 342 g/mol. The summed E-state index contributed by atoms with van der Waals surface area (Å²) < 4.78 is 32.0. The lowest BCUT2D eigenvalue weighted by Gasteiger charge is -2.22. The lowest BCUT2D eigenvalue weighted by Crippen LogP contribution is -2.20. The summed E-state index contributed by atoms with van der Waals surface area (Å²) in [5, 5.41) is 9.27. The minimum Gasteiger partial charge on any atom is -0.347 e. The smallest absolute Gasteiger partial charge is 0.347 e. The monoisotopic (exact) mass is 351 g/mol. The third-order valence-corrected chi connectivity index (χ3v) is 5.35. The van der Waals surface area contributed by atoms with Crippen molar-refractivity contribution in [3.63, 3.8) is 0 Å². The van der Waals surface area contributed by atoms with Gasteiger partial charge in [0.15, 0.2) is 0 Å². The van der Waals surface area contributed by atoms with Crippen LogP contribution in [-0.2, 0) is 14.8 Å². The Morgan fingerprint density at radius 3 is 2.80 bits per heavy atom. The van der Waals surface area contributed by atoms with Crippen molar-refractivity contribution in [2.45, 2.75) is 4.90 Å². The van der Waals surface area contributed by atoms with Gasteiger partial charge < -0.3 is 4.74 Å². The summed E-state index contributed by atoms with van der Waals surface area (Å²) in [6.07, 6.45) is 2.89. The molecule has 0 saturated heterocycles. The Morgan fingerprint density at radius 1 is 1.16 bits per heavy atom. The van der Waals surface area contributed by atoms with Crippen molar-refractivity contribution in [1.29, 1.82) is 5.26 Å². The molecule has 0 fully saturated rings. The van der Waals surface area contributed by atoms with Crippen molar-refractivity contribution in [3.8, 4) is 17.4 Å². The fraction of sp³-hybridized carbons (Fsp3) is 0. The van der Waals surface area contributed by atoms with Crippen LogP contribution < -0.4 is 4.72 Å². The van der Waals surface area contributed by atoms with E-state index in [0.717, 1.165) is 5.39 Å². The van der Waals surface area contributed by atoms with E-state index in [0.29, 0.717) is 22.3 Å². The van der Waals surface area contributed by atoms with E-state index in [9.17, 15) is 13.2 Å². The molecule has 3 aromatic rings. The third-order valence-electron chi connectivity index (χ3n) is 3.94. The van der Waals surface area contributed by atoms with Crippen LogP contribution in [0.3, 0.4) is 0 Å². The molecule has 0 atom stereocenters. The molecule has 0 amide bonds. The van der Waals surface area contributed by atoms with Crippen LogP contribution in [0.4, 0.5) is 5.69 Å². The number of anilines is 1. The van der Waals surface area contributed by atoms with Crippen LogP contribution >= 0.6 is 0 Å². The predicted octanol–water partition coefficient (Wildman–Crippen LogP) is 2.65. The highest BCUT2D eigenvalue weighted by molar-refractivity contribution is 7.93. The Bertz CT molecular complexity index is 1200. The van der Waals surface area contributed by atoms with Gasteiger partial charge in [0.25, 0.3) is 16.3 Å². The van der Waals surface area contributed by atoms with Crippen molar-refractivity contribution < 1.29 is 17.9 Å². The van der Waals surface area contributed by atoms with Gasteiger partial charge in [0, 0.05) is 22.7 Å². The van der Waals surface area contributed by atoms with Crippen LogP contribution in [0, 0.1) is 11.5 Å². The van der Waals surface area contributed by atoms with E-state index in [1.54, 1.807) is 18.3 Å². The molecule has 0 saturated carbocycles. The van der Waals surface area contributed by atoms with Gasteiger partial charge in [-0.3, -0.25) is 9.71 Å². The number of carbonyl (C=O) groups is 1. The van der Waals surface area contributed by atoms with Crippen molar-refractivity contribution in [2.75, 3.05) is 4.72 Å². The van der Waals surface area contributed by atoms with Crippen molar-refractivity contribution in [2.24, 2.45) is 0 Å². The maximum absolute atomic E-state index is 12.6. The van der Waals surface area contributed by atoms with E-state index in [-0.39, 0.29) is 10.5 Å². The van der Waals surface area contributed by atoms with Gasteiger partial charge in [0.2, 0.25) is 0 Å². The number of carbonyl (C=O) groups excluding carboxylic acids is 1. The van der Waals surface area contributed by atoms with Crippen LogP contribution in [0.1, 0.15) is 10.4 Å². The molecule has 1 N–H and O–H groups in total. The van der Waals surface area contributed by atoms with Crippen molar-refractivity contribution in [1.82, 2.24) is 4.98 Å². The zero-order chi connectivity index (χ0) is 17.6. The van der Waals surface area contributed by atoms with Gasteiger partial charge in [0.1, 0.15) is 0 Å². The normalized spacial score (nSPS) is 13.9. The van der Waals surface area contributed by atoms with Crippen LogP contribution in [0.2, 0.25) is 0 Å². The Balaban J connectivity index is 2.03. The fourth-order valence-corrected chi connectivity index (χ4v) is 4.16. The number of rotatable bonds is 1. The quantitative estimate of drug-likeness (QED) is 0.533. The second-order valence-corrected chi connectivity index (χ2v) is 7.01. The molecule has 2 heterocycles. The predicted molar refractivity (Wildman–Crippen MR) is 89.0 cm³/mol. The maximum atomic E-state index is 12.6. The maximum Gasteiger partial charge on any atom is 0.353 e. The summed E-state index contributed by atoms with van der Waals surface area (Å²) in [5.74, 6) is -0.846. The van der Waals surface area contributed by atoms with Gasteiger partial charge >= 0.3 is 5.97 Å². The van der Waals surface area contributed by atoms with E-state index in [2.05, 4.69) is 14.4 Å². The van der Waals surface area contributed by atoms with E-state index in [1.807, 2.05) is 12.1 Å². The lowest BCUT2D eigenvalue weighted by molar-refractivity contribution is 0.0685. The number of nitriles is 1. The largest absolute Gasteiger partial charge is 0.353 e. The molecule has 0 unspecified atom stereocenters. The third kappa shape index (κ3) is 2.29. The molecule has 4 rings (SSSR count). The Kier molecular flexibility index (Phi) is 3.20. The average molecular weight is 351 g/mol. The minimum atomic E-state index is -3.81. The Hall–Kier alpha value is -3.44. The highest BCUT2D eigenvalue weighted by Crippen LogP contribution is 2.42. The van der Waals surface area contributed by atoms with Gasteiger partial charge in [-0.15, -0.1) is 5.26 Å². The number of sulfonamides is 1.